The fraction of sp³-hybridized carbons (Fsp3) is 0.500. The van der Waals surface area contributed by atoms with Gasteiger partial charge in [0.2, 0.25) is 0 Å². The minimum absolute atomic E-state index is 0.397. The van der Waals surface area contributed by atoms with Crippen LogP contribution in [0, 0.1) is 0 Å². The second-order valence-electron chi connectivity index (χ2n) is 4.58. The van der Waals surface area contributed by atoms with E-state index in [0.717, 1.165) is 29.9 Å². The van der Waals surface area contributed by atoms with Crippen LogP contribution in [0.25, 0.3) is 11.0 Å². The van der Waals surface area contributed by atoms with Gasteiger partial charge in [0.05, 0.1) is 16.6 Å². The number of hydrogen-bond donors (Lipinski definition) is 0. The molecule has 0 unspecified atom stereocenters. The molecule has 0 aliphatic heterocycles. The molecule has 0 saturated heterocycles. The summed E-state index contributed by atoms with van der Waals surface area (Å²) in [7, 11) is 1.63. The van der Waals surface area contributed by atoms with E-state index in [1.807, 2.05) is 11.5 Å². The van der Waals surface area contributed by atoms with Gasteiger partial charge >= 0.3 is 6.18 Å². The van der Waals surface area contributed by atoms with Crippen molar-refractivity contribution in [1.29, 1.82) is 0 Å². The lowest BCUT2D eigenvalue weighted by molar-refractivity contribution is -0.137. The van der Waals surface area contributed by atoms with E-state index in [1.54, 1.807) is 7.11 Å². The Labute approximate surface area is 115 Å². The number of nitrogens with zero attached hydrogens (tertiary/aromatic N) is 2. The summed E-state index contributed by atoms with van der Waals surface area (Å²) in [4.78, 5) is 4.31. The van der Waals surface area contributed by atoms with E-state index < -0.39 is 11.7 Å². The van der Waals surface area contributed by atoms with E-state index in [2.05, 4.69) is 4.98 Å². The van der Waals surface area contributed by atoms with Crippen LogP contribution < -0.4 is 0 Å². The Bertz CT molecular complexity index is 590. The predicted molar refractivity (Wildman–Crippen MR) is 70.6 cm³/mol. The quantitative estimate of drug-likeness (QED) is 0.784. The summed E-state index contributed by atoms with van der Waals surface area (Å²) in [5.74, 6) is 0.801. The lowest BCUT2D eigenvalue weighted by atomic mass is 10.2. The number of methoxy groups -OCH3 is 1. The predicted octanol–water partition coefficient (Wildman–Crippen LogP) is 3.65. The van der Waals surface area contributed by atoms with Crippen molar-refractivity contribution in [1.82, 2.24) is 9.55 Å². The third-order valence-electron chi connectivity index (χ3n) is 3.20. The van der Waals surface area contributed by atoms with Crippen molar-refractivity contribution in [2.24, 2.45) is 0 Å². The van der Waals surface area contributed by atoms with Crippen LogP contribution in [-0.2, 0) is 23.9 Å². The van der Waals surface area contributed by atoms with Crippen molar-refractivity contribution in [3.8, 4) is 0 Å². The molecule has 0 radical (unpaired) electrons. The smallest absolute Gasteiger partial charge is 0.385 e. The summed E-state index contributed by atoms with van der Waals surface area (Å²) in [6, 6.07) is 3.72. The van der Waals surface area contributed by atoms with Crippen LogP contribution in [0.4, 0.5) is 13.2 Å². The molecule has 6 heteroatoms. The van der Waals surface area contributed by atoms with Gasteiger partial charge in [-0.2, -0.15) is 13.2 Å². The highest BCUT2D eigenvalue weighted by Crippen LogP contribution is 2.31. The number of alkyl halides is 3. The molecule has 0 aliphatic rings. The van der Waals surface area contributed by atoms with Gasteiger partial charge in [0.1, 0.15) is 5.82 Å². The summed E-state index contributed by atoms with van der Waals surface area (Å²) in [5, 5.41) is 0. The van der Waals surface area contributed by atoms with Crippen LogP contribution in [0.15, 0.2) is 18.2 Å². The number of hydrogen-bond acceptors (Lipinski definition) is 2. The van der Waals surface area contributed by atoms with E-state index in [-0.39, 0.29) is 0 Å². The van der Waals surface area contributed by atoms with E-state index >= 15 is 0 Å². The summed E-state index contributed by atoms with van der Waals surface area (Å²) in [5.41, 5.74) is 0.481. The standard InChI is InChI=1S/C14H17F3N2O/c1-3-13-18-11-9-10(14(15,16)17)5-6-12(11)19(13)7-4-8-20-2/h5-6,9H,3-4,7-8H2,1-2H3. The van der Waals surface area contributed by atoms with E-state index in [0.29, 0.717) is 25.1 Å². The van der Waals surface area contributed by atoms with Crippen molar-refractivity contribution in [3.63, 3.8) is 0 Å². The number of imidazole rings is 1. The van der Waals surface area contributed by atoms with E-state index in [9.17, 15) is 13.2 Å². The number of benzene rings is 1. The highest BCUT2D eigenvalue weighted by atomic mass is 19.4. The van der Waals surface area contributed by atoms with Crippen LogP contribution in [0.5, 0.6) is 0 Å². The van der Waals surface area contributed by atoms with Crippen molar-refractivity contribution in [3.05, 3.63) is 29.6 Å². The molecule has 1 heterocycles. The Hall–Kier alpha value is -1.56. The molecule has 2 aromatic rings. The van der Waals surface area contributed by atoms with Crippen molar-refractivity contribution in [2.75, 3.05) is 13.7 Å². The van der Waals surface area contributed by atoms with Gasteiger partial charge in [0.25, 0.3) is 0 Å². The minimum atomic E-state index is -4.33. The number of aromatic nitrogens is 2. The Morgan fingerprint density at radius 3 is 2.65 bits per heavy atom. The van der Waals surface area contributed by atoms with Crippen molar-refractivity contribution < 1.29 is 17.9 Å². The van der Waals surface area contributed by atoms with Crippen LogP contribution in [0.2, 0.25) is 0 Å². The molecule has 0 N–H and O–H groups in total. The van der Waals surface area contributed by atoms with Gasteiger partial charge in [0, 0.05) is 26.7 Å². The fourth-order valence-corrected chi connectivity index (χ4v) is 2.24. The lowest BCUT2D eigenvalue weighted by Gasteiger charge is -2.09. The van der Waals surface area contributed by atoms with Crippen molar-refractivity contribution in [2.45, 2.75) is 32.5 Å². The average Bonchev–Trinajstić information content (AvgIpc) is 2.75. The third kappa shape index (κ3) is 2.95. The number of ether oxygens (including phenoxy) is 1. The van der Waals surface area contributed by atoms with Gasteiger partial charge < -0.3 is 9.30 Å². The molecule has 20 heavy (non-hydrogen) atoms. The molecule has 0 aliphatic carbocycles. The average molecular weight is 286 g/mol. The summed E-state index contributed by atoms with van der Waals surface area (Å²) >= 11 is 0. The largest absolute Gasteiger partial charge is 0.416 e. The van der Waals surface area contributed by atoms with Gasteiger partial charge in [-0.15, -0.1) is 0 Å². The highest BCUT2D eigenvalue weighted by Gasteiger charge is 2.31. The first-order valence-electron chi connectivity index (χ1n) is 6.52. The molecule has 1 aromatic carbocycles. The Morgan fingerprint density at radius 2 is 2.05 bits per heavy atom. The molecule has 0 bridgehead atoms. The molecule has 0 saturated carbocycles. The maximum atomic E-state index is 12.7. The molecule has 0 fully saturated rings. The topological polar surface area (TPSA) is 27.1 Å². The maximum Gasteiger partial charge on any atom is 0.416 e. The van der Waals surface area contributed by atoms with Gasteiger partial charge in [-0.3, -0.25) is 0 Å². The van der Waals surface area contributed by atoms with Crippen LogP contribution in [0.1, 0.15) is 24.7 Å². The highest BCUT2D eigenvalue weighted by molar-refractivity contribution is 5.77. The molecule has 110 valence electrons. The Morgan fingerprint density at radius 1 is 1.30 bits per heavy atom. The zero-order chi connectivity index (χ0) is 14.8. The molecule has 0 spiro atoms. The monoisotopic (exact) mass is 286 g/mol. The number of fused-ring (bicyclic) bond motifs is 1. The molecule has 0 atom stereocenters. The first-order chi connectivity index (χ1) is 9.47. The molecule has 2 rings (SSSR count). The second kappa shape index (κ2) is 5.83. The van der Waals surface area contributed by atoms with Crippen LogP contribution in [-0.4, -0.2) is 23.3 Å². The normalized spacial score (nSPS) is 12.2. The van der Waals surface area contributed by atoms with Crippen molar-refractivity contribution >= 4 is 11.0 Å². The minimum Gasteiger partial charge on any atom is -0.385 e. The molecule has 1 aromatic heterocycles. The fourth-order valence-electron chi connectivity index (χ4n) is 2.24. The zero-order valence-corrected chi connectivity index (χ0v) is 11.5. The molecular formula is C14H17F3N2O. The number of aryl methyl sites for hydroxylation is 2. The van der Waals surface area contributed by atoms with Gasteiger partial charge in [-0.1, -0.05) is 6.92 Å². The van der Waals surface area contributed by atoms with Gasteiger partial charge in [-0.05, 0) is 24.6 Å². The SMILES string of the molecule is CCc1nc2cc(C(F)(F)F)ccc2n1CCCOC. The van der Waals surface area contributed by atoms with E-state index in [4.69, 9.17) is 4.74 Å². The van der Waals surface area contributed by atoms with Gasteiger partial charge in [-0.25, -0.2) is 4.98 Å². The third-order valence-corrected chi connectivity index (χ3v) is 3.20. The molecular weight excluding hydrogens is 269 g/mol. The zero-order valence-electron chi connectivity index (χ0n) is 11.5. The van der Waals surface area contributed by atoms with Crippen LogP contribution >= 0.6 is 0 Å². The summed E-state index contributed by atoms with van der Waals surface area (Å²) < 4.78 is 45.1. The summed E-state index contributed by atoms with van der Waals surface area (Å²) in [6.07, 6.45) is -2.85. The first-order valence-corrected chi connectivity index (χ1v) is 6.52. The number of rotatable bonds is 5. The lowest BCUT2D eigenvalue weighted by Crippen LogP contribution is -2.06. The van der Waals surface area contributed by atoms with Crippen LogP contribution in [0.3, 0.4) is 0 Å². The van der Waals surface area contributed by atoms with Gasteiger partial charge in [0.15, 0.2) is 0 Å². The summed E-state index contributed by atoms with van der Waals surface area (Å²) in [6.45, 7) is 3.25. The second-order valence-corrected chi connectivity index (χ2v) is 4.58. The molecule has 0 amide bonds. The number of halogens is 3. The Kier molecular flexibility index (Phi) is 4.32. The Balaban J connectivity index is 2.41. The molecule has 3 nitrogen and oxygen atoms in total. The van der Waals surface area contributed by atoms with E-state index in [1.165, 1.54) is 6.07 Å². The first kappa shape index (κ1) is 14.8. The maximum absolute atomic E-state index is 12.7.